The van der Waals surface area contributed by atoms with Crippen molar-refractivity contribution in [2.75, 3.05) is 5.75 Å². The van der Waals surface area contributed by atoms with Gasteiger partial charge in [0.15, 0.2) is 25.7 Å². The fourth-order valence-corrected chi connectivity index (χ4v) is 4.65. The number of benzene rings is 1. The summed E-state index contributed by atoms with van der Waals surface area (Å²) in [5.74, 6) is -0.686. The van der Waals surface area contributed by atoms with Crippen LogP contribution in [0.4, 0.5) is 4.39 Å². The fraction of sp³-hybridized carbons (Fsp3) is 0.312. The first-order valence-corrected chi connectivity index (χ1v) is 10.4. The van der Waals surface area contributed by atoms with Crippen LogP contribution in [-0.2, 0) is 30.5 Å². The van der Waals surface area contributed by atoms with Crippen molar-refractivity contribution in [3.8, 4) is 0 Å². The number of fused-ring (bicyclic) bond motifs is 1. The number of aromatic nitrogens is 4. The first-order chi connectivity index (χ1) is 12.6. The third kappa shape index (κ3) is 3.48. The molecule has 0 spiro atoms. The Morgan fingerprint density at radius 1 is 1.11 bits per heavy atom. The van der Waals surface area contributed by atoms with Crippen LogP contribution in [0.15, 0.2) is 43.5 Å². The maximum absolute atomic E-state index is 13.0. The Morgan fingerprint density at radius 2 is 1.74 bits per heavy atom. The molecule has 2 aromatic heterocycles. The summed E-state index contributed by atoms with van der Waals surface area (Å²) in [5.41, 5.74) is -0.589. The molecule has 0 aliphatic carbocycles. The third-order valence-electron chi connectivity index (χ3n) is 4.26. The van der Waals surface area contributed by atoms with E-state index in [0.29, 0.717) is 10.4 Å². The number of rotatable bonds is 5. The molecule has 0 unspecified atom stereocenters. The number of hydrogen-bond acceptors (Lipinski definition) is 5. The Morgan fingerprint density at radius 3 is 2.37 bits per heavy atom. The van der Waals surface area contributed by atoms with Crippen molar-refractivity contribution in [3.63, 3.8) is 0 Å². The van der Waals surface area contributed by atoms with E-state index in [-0.39, 0.29) is 29.1 Å². The van der Waals surface area contributed by atoms with Gasteiger partial charge in [-0.3, -0.25) is 13.9 Å². The lowest BCUT2D eigenvalue weighted by Crippen LogP contribution is -2.37. The van der Waals surface area contributed by atoms with Crippen LogP contribution in [0.3, 0.4) is 0 Å². The zero-order valence-corrected chi connectivity index (χ0v) is 16.9. The average molecular weight is 459 g/mol. The highest BCUT2D eigenvalue weighted by Crippen LogP contribution is 2.18. The van der Waals surface area contributed by atoms with Gasteiger partial charge in [0.1, 0.15) is 5.82 Å². The van der Waals surface area contributed by atoms with Gasteiger partial charge in [-0.05, 0) is 46.6 Å². The topological polar surface area (TPSA) is 96.0 Å². The van der Waals surface area contributed by atoms with Gasteiger partial charge in [-0.2, -0.15) is 0 Å². The molecule has 0 amide bonds. The van der Waals surface area contributed by atoms with E-state index < -0.39 is 26.9 Å². The molecule has 0 bridgehead atoms. The van der Waals surface area contributed by atoms with Crippen LogP contribution in [0.2, 0.25) is 0 Å². The van der Waals surface area contributed by atoms with Crippen LogP contribution in [-0.4, -0.2) is 32.9 Å². The summed E-state index contributed by atoms with van der Waals surface area (Å²) in [4.78, 5) is 28.6. The maximum Gasteiger partial charge on any atom is 0.332 e. The Hall–Kier alpha value is -2.27. The first-order valence-electron chi connectivity index (χ1n) is 7.93. The van der Waals surface area contributed by atoms with Gasteiger partial charge < -0.3 is 4.57 Å². The molecule has 11 heteroatoms. The second-order valence-corrected chi connectivity index (χ2v) is 8.86. The maximum atomic E-state index is 13.0. The van der Waals surface area contributed by atoms with E-state index in [1.54, 1.807) is 4.57 Å². The summed E-state index contributed by atoms with van der Waals surface area (Å²) >= 11 is 3.26. The summed E-state index contributed by atoms with van der Waals surface area (Å²) in [7, 11) is -0.694. The fourth-order valence-electron chi connectivity index (χ4n) is 2.83. The molecule has 27 heavy (non-hydrogen) atoms. The molecule has 0 saturated heterocycles. The van der Waals surface area contributed by atoms with Gasteiger partial charge in [0.25, 0.3) is 5.56 Å². The van der Waals surface area contributed by atoms with Crippen molar-refractivity contribution < 1.29 is 12.8 Å². The number of hydrogen-bond donors (Lipinski definition) is 0. The lowest BCUT2D eigenvalue weighted by Gasteiger charge is -2.10. The second-order valence-electron chi connectivity index (χ2n) is 6.04. The zero-order chi connectivity index (χ0) is 19.9. The molecule has 0 radical (unpaired) electrons. The highest BCUT2D eigenvalue weighted by Gasteiger charge is 2.19. The van der Waals surface area contributed by atoms with E-state index in [4.69, 9.17) is 0 Å². The number of nitrogens with zero attached hydrogens (tertiary/aromatic N) is 4. The van der Waals surface area contributed by atoms with Crippen molar-refractivity contribution in [1.82, 2.24) is 18.7 Å². The third-order valence-corrected chi connectivity index (χ3v) is 6.68. The standard InChI is InChI=1S/C16H16BrFN4O4S/c1-20-13-12(14(23)21(2)16(20)24)19-15(17)22(13)8-3-9-27(25,26)11-6-4-10(18)5-7-11/h4-7H,3,8-9H2,1-2H3. The van der Waals surface area contributed by atoms with E-state index in [2.05, 4.69) is 20.9 Å². The summed E-state index contributed by atoms with van der Waals surface area (Å²) in [6.07, 6.45) is 0.215. The Kier molecular flexibility index (Phi) is 5.08. The molecule has 2 heterocycles. The molecule has 0 atom stereocenters. The van der Waals surface area contributed by atoms with Gasteiger partial charge in [-0.1, -0.05) is 0 Å². The number of sulfone groups is 1. The van der Waals surface area contributed by atoms with Gasteiger partial charge in [-0.25, -0.2) is 22.6 Å². The molecule has 144 valence electrons. The van der Waals surface area contributed by atoms with Gasteiger partial charge in [0.05, 0.1) is 10.6 Å². The monoisotopic (exact) mass is 458 g/mol. The predicted molar refractivity (Wildman–Crippen MR) is 101 cm³/mol. The zero-order valence-electron chi connectivity index (χ0n) is 14.5. The highest BCUT2D eigenvalue weighted by atomic mass is 79.9. The largest absolute Gasteiger partial charge is 0.332 e. The van der Waals surface area contributed by atoms with Gasteiger partial charge in [0.2, 0.25) is 0 Å². The SMILES string of the molecule is Cn1c(=O)c2nc(Br)n(CCCS(=O)(=O)c3ccc(F)cc3)c2n(C)c1=O. The van der Waals surface area contributed by atoms with E-state index >= 15 is 0 Å². The van der Waals surface area contributed by atoms with E-state index in [9.17, 15) is 22.4 Å². The number of halogens is 2. The molecular formula is C16H16BrFN4O4S. The summed E-state index contributed by atoms with van der Waals surface area (Å²) in [6, 6.07) is 4.64. The molecular weight excluding hydrogens is 443 g/mol. The Balaban J connectivity index is 1.90. The molecule has 0 saturated carbocycles. The van der Waals surface area contributed by atoms with Crippen molar-refractivity contribution >= 4 is 36.9 Å². The van der Waals surface area contributed by atoms with Crippen LogP contribution >= 0.6 is 15.9 Å². The second kappa shape index (κ2) is 7.04. The van der Waals surface area contributed by atoms with Crippen LogP contribution < -0.4 is 11.2 Å². The minimum atomic E-state index is -3.58. The van der Waals surface area contributed by atoms with Gasteiger partial charge in [-0.15, -0.1) is 0 Å². The summed E-state index contributed by atoms with van der Waals surface area (Å²) in [6.45, 7) is 0.220. The van der Waals surface area contributed by atoms with Gasteiger partial charge in [0, 0.05) is 20.6 Å². The van der Waals surface area contributed by atoms with Crippen LogP contribution in [0, 0.1) is 5.82 Å². The molecule has 0 N–H and O–H groups in total. The Labute approximate surface area is 161 Å². The van der Waals surface area contributed by atoms with Gasteiger partial charge >= 0.3 is 5.69 Å². The van der Waals surface area contributed by atoms with Crippen LogP contribution in [0.1, 0.15) is 6.42 Å². The lowest BCUT2D eigenvalue weighted by atomic mass is 10.4. The molecule has 3 rings (SSSR count). The molecule has 0 fully saturated rings. The Bertz CT molecular complexity index is 1240. The number of aryl methyl sites for hydroxylation is 2. The molecule has 8 nitrogen and oxygen atoms in total. The minimum Gasteiger partial charge on any atom is -0.304 e. The predicted octanol–water partition coefficient (Wildman–Crippen LogP) is 1.20. The normalized spacial score (nSPS) is 12.0. The molecule has 0 aliphatic rings. The minimum absolute atomic E-state index is 0.0414. The van der Waals surface area contributed by atoms with Crippen molar-refractivity contribution in [2.45, 2.75) is 17.9 Å². The van der Waals surface area contributed by atoms with Crippen LogP contribution in [0.25, 0.3) is 11.2 Å². The quantitative estimate of drug-likeness (QED) is 0.422. The molecule has 1 aromatic carbocycles. The highest BCUT2D eigenvalue weighted by molar-refractivity contribution is 9.10. The van der Waals surface area contributed by atoms with E-state index in [1.807, 2.05) is 0 Å². The van der Waals surface area contributed by atoms with E-state index in [1.165, 1.54) is 30.8 Å². The first kappa shape index (κ1) is 19.5. The molecule has 3 aromatic rings. The van der Waals surface area contributed by atoms with E-state index in [0.717, 1.165) is 16.7 Å². The summed E-state index contributed by atoms with van der Waals surface area (Å²) < 4.78 is 41.9. The average Bonchev–Trinajstić information content (AvgIpc) is 2.95. The summed E-state index contributed by atoms with van der Waals surface area (Å²) in [5, 5.41) is 0. The van der Waals surface area contributed by atoms with Crippen molar-refractivity contribution in [3.05, 3.63) is 55.7 Å². The van der Waals surface area contributed by atoms with Crippen LogP contribution in [0.5, 0.6) is 0 Å². The molecule has 0 aliphatic heterocycles. The van der Waals surface area contributed by atoms with Crippen molar-refractivity contribution in [2.24, 2.45) is 14.1 Å². The number of imidazole rings is 1. The van der Waals surface area contributed by atoms with Crippen molar-refractivity contribution in [1.29, 1.82) is 0 Å². The lowest BCUT2D eigenvalue weighted by molar-refractivity contribution is 0.583. The smallest absolute Gasteiger partial charge is 0.304 e.